The molecule has 0 unspecified atom stereocenters. The van der Waals surface area contributed by atoms with Gasteiger partial charge in [-0.05, 0) is 62.8 Å². The molecule has 3 aromatic carbocycles. The molecule has 0 bridgehead atoms. The highest BCUT2D eigenvalue weighted by molar-refractivity contribution is 6.04. The van der Waals surface area contributed by atoms with Crippen LogP contribution in [-0.4, -0.2) is 55.2 Å². The number of hydrogen-bond acceptors (Lipinski definition) is 8. The van der Waals surface area contributed by atoms with Crippen LogP contribution in [0.3, 0.4) is 0 Å². The number of carbonyl (C=O) groups excluding carboxylic acids is 3. The molecule has 224 valence electrons. The molecule has 0 aliphatic heterocycles. The van der Waals surface area contributed by atoms with Gasteiger partial charge >= 0.3 is 6.09 Å². The van der Waals surface area contributed by atoms with Gasteiger partial charge in [-0.15, -0.1) is 0 Å². The number of nitrogens with zero attached hydrogens (tertiary/aromatic N) is 1. The molecule has 0 aliphatic carbocycles. The number of ether oxygens (including phenoxy) is 3. The van der Waals surface area contributed by atoms with Crippen molar-refractivity contribution in [1.29, 1.82) is 0 Å². The summed E-state index contributed by atoms with van der Waals surface area (Å²) in [5, 5.41) is 20.8. The summed E-state index contributed by atoms with van der Waals surface area (Å²) >= 11 is 0. The van der Waals surface area contributed by atoms with E-state index in [1.165, 1.54) is 25.3 Å². The summed E-state index contributed by atoms with van der Waals surface area (Å²) in [6.07, 6.45) is -0.0542. The Kier molecular flexibility index (Phi) is 10.7. The molecule has 12 heteroatoms. The second-order valence-electron chi connectivity index (χ2n) is 10.5. The molecule has 0 aromatic heterocycles. The maximum Gasteiger partial charge on any atom is 0.407 e. The monoisotopic (exact) mass is 580 g/mol. The molecule has 0 aliphatic rings. The third kappa shape index (κ3) is 8.82. The fourth-order valence-electron chi connectivity index (χ4n) is 4.21. The molecule has 0 spiro atoms. The van der Waals surface area contributed by atoms with Crippen LogP contribution in [0.1, 0.15) is 49.5 Å². The summed E-state index contributed by atoms with van der Waals surface area (Å²) in [5.41, 5.74) is -0.00328. The normalized spacial score (nSPS) is 11.7. The van der Waals surface area contributed by atoms with Gasteiger partial charge in [0.25, 0.3) is 11.6 Å². The minimum atomic E-state index is -0.984. The van der Waals surface area contributed by atoms with Crippen molar-refractivity contribution in [2.45, 2.75) is 51.8 Å². The van der Waals surface area contributed by atoms with Gasteiger partial charge in [0.05, 0.1) is 24.7 Å². The Balaban J connectivity index is 1.77. The van der Waals surface area contributed by atoms with E-state index in [1.54, 1.807) is 58.2 Å². The highest BCUT2D eigenvalue weighted by Crippen LogP contribution is 2.32. The van der Waals surface area contributed by atoms with Crippen molar-refractivity contribution in [3.05, 3.63) is 75.8 Å². The molecular weight excluding hydrogens is 544 g/mol. The van der Waals surface area contributed by atoms with Crippen LogP contribution in [0.15, 0.2) is 54.6 Å². The lowest BCUT2D eigenvalue weighted by molar-refractivity contribution is -0.384. The van der Waals surface area contributed by atoms with Gasteiger partial charge in [-0.3, -0.25) is 19.7 Å². The number of nitro benzene ring substituents is 1. The van der Waals surface area contributed by atoms with Gasteiger partial charge in [-0.25, -0.2) is 4.79 Å². The number of non-ortho nitro benzene ring substituents is 1. The van der Waals surface area contributed by atoms with Crippen molar-refractivity contribution < 1.29 is 33.5 Å². The average Bonchev–Trinajstić information content (AvgIpc) is 2.95. The Labute approximate surface area is 243 Å². The third-order valence-corrected chi connectivity index (χ3v) is 6.17. The standard InChI is InChI=1S/C30H36N4O8/c1-30(2,3)42-29(37)31-14-8-12-24(28(36)32-18-19-9-6-11-21(15-19)34(38)39)33-27(35)23-16-20-10-7-13-25(40-4)22(20)17-26(23)41-5/h6-7,9-11,13,15-17,24H,8,12,14,18H2,1-5H3,(H,31,37)(H,32,36)(H,33,35)/t24-/m0/s1. The number of fused-ring (bicyclic) bond motifs is 1. The average molecular weight is 581 g/mol. The zero-order valence-corrected chi connectivity index (χ0v) is 24.3. The van der Waals surface area contributed by atoms with Crippen LogP contribution in [0.2, 0.25) is 0 Å². The van der Waals surface area contributed by atoms with E-state index in [2.05, 4.69) is 16.0 Å². The van der Waals surface area contributed by atoms with Crippen LogP contribution in [0.5, 0.6) is 11.5 Å². The molecule has 0 heterocycles. The van der Waals surface area contributed by atoms with Crippen molar-refractivity contribution >= 4 is 34.4 Å². The van der Waals surface area contributed by atoms with Gasteiger partial charge in [0.15, 0.2) is 0 Å². The minimum absolute atomic E-state index is 0.0160. The van der Waals surface area contributed by atoms with Crippen LogP contribution >= 0.6 is 0 Å². The third-order valence-electron chi connectivity index (χ3n) is 6.17. The van der Waals surface area contributed by atoms with Crippen molar-refractivity contribution in [3.63, 3.8) is 0 Å². The fraction of sp³-hybridized carbons (Fsp3) is 0.367. The first kappa shape index (κ1) is 31.7. The number of nitrogens with one attached hydrogen (secondary N) is 3. The smallest absolute Gasteiger partial charge is 0.407 e. The molecule has 3 amide bonds. The van der Waals surface area contributed by atoms with Crippen molar-refractivity contribution in [1.82, 2.24) is 16.0 Å². The molecular formula is C30H36N4O8. The minimum Gasteiger partial charge on any atom is -0.496 e. The molecule has 0 fully saturated rings. The van der Waals surface area contributed by atoms with Gasteiger partial charge in [0, 0.05) is 30.6 Å². The van der Waals surface area contributed by atoms with E-state index < -0.39 is 34.5 Å². The number of amides is 3. The SMILES string of the molecule is COc1cc2c(OC)cccc2cc1C(=O)N[C@@H](CCCNC(=O)OC(C)(C)C)C(=O)NCc1cccc([N+](=O)[O-])c1. The molecule has 0 saturated heterocycles. The van der Waals surface area contributed by atoms with E-state index in [0.717, 1.165) is 10.8 Å². The molecule has 0 radical (unpaired) electrons. The quantitative estimate of drug-likeness (QED) is 0.161. The second-order valence-corrected chi connectivity index (χ2v) is 10.5. The van der Waals surface area contributed by atoms with Crippen LogP contribution in [0, 0.1) is 10.1 Å². The number of carbonyl (C=O) groups is 3. The summed E-state index contributed by atoms with van der Waals surface area (Å²) < 4.78 is 16.1. The van der Waals surface area contributed by atoms with Crippen LogP contribution < -0.4 is 25.4 Å². The Bertz CT molecular complexity index is 1450. The molecule has 1 atom stereocenters. The zero-order valence-electron chi connectivity index (χ0n) is 24.3. The Morgan fingerprint density at radius 1 is 0.952 bits per heavy atom. The lowest BCUT2D eigenvalue weighted by Gasteiger charge is -2.21. The van der Waals surface area contributed by atoms with Crippen molar-refractivity contribution in [2.24, 2.45) is 0 Å². The summed E-state index contributed by atoms with van der Waals surface area (Å²) in [7, 11) is 3.00. The highest BCUT2D eigenvalue weighted by Gasteiger charge is 2.24. The van der Waals surface area contributed by atoms with Crippen LogP contribution in [-0.2, 0) is 16.1 Å². The second kappa shape index (κ2) is 14.2. The van der Waals surface area contributed by atoms with Gasteiger partial charge < -0.3 is 30.2 Å². The fourth-order valence-corrected chi connectivity index (χ4v) is 4.21. The maximum absolute atomic E-state index is 13.5. The van der Waals surface area contributed by atoms with Crippen molar-refractivity contribution in [3.8, 4) is 11.5 Å². The number of nitro groups is 1. The molecule has 0 saturated carbocycles. The topological polar surface area (TPSA) is 158 Å². The van der Waals surface area contributed by atoms with E-state index in [-0.39, 0.29) is 30.8 Å². The molecule has 3 N–H and O–H groups in total. The Hall–Kier alpha value is -4.87. The number of benzene rings is 3. The molecule has 12 nitrogen and oxygen atoms in total. The van der Waals surface area contributed by atoms with E-state index in [9.17, 15) is 24.5 Å². The van der Waals surface area contributed by atoms with Crippen molar-refractivity contribution in [2.75, 3.05) is 20.8 Å². The van der Waals surface area contributed by atoms with Gasteiger partial charge in [-0.1, -0.05) is 24.3 Å². The summed E-state index contributed by atoms with van der Waals surface area (Å²) in [5.74, 6) is -0.110. The van der Waals surface area contributed by atoms with Gasteiger partial charge in [-0.2, -0.15) is 0 Å². The van der Waals surface area contributed by atoms with E-state index in [0.29, 0.717) is 23.5 Å². The molecule has 42 heavy (non-hydrogen) atoms. The van der Waals surface area contributed by atoms with E-state index in [4.69, 9.17) is 14.2 Å². The predicted octanol–water partition coefficient (Wildman–Crippen LogP) is 4.48. The first-order chi connectivity index (χ1) is 19.9. The van der Waals surface area contributed by atoms with Gasteiger partial charge in [0.2, 0.25) is 5.91 Å². The lowest BCUT2D eigenvalue weighted by atomic mass is 10.0. The zero-order chi connectivity index (χ0) is 30.9. The van der Waals surface area contributed by atoms with Crippen LogP contribution in [0.4, 0.5) is 10.5 Å². The van der Waals surface area contributed by atoms with Crippen LogP contribution in [0.25, 0.3) is 10.8 Å². The predicted molar refractivity (Wildman–Crippen MR) is 157 cm³/mol. The first-order valence-corrected chi connectivity index (χ1v) is 13.4. The summed E-state index contributed by atoms with van der Waals surface area (Å²) in [6.45, 7) is 5.48. The summed E-state index contributed by atoms with van der Waals surface area (Å²) in [6, 6.07) is 13.7. The van der Waals surface area contributed by atoms with E-state index >= 15 is 0 Å². The number of hydrogen-bond donors (Lipinski definition) is 3. The van der Waals surface area contributed by atoms with Gasteiger partial charge in [0.1, 0.15) is 23.1 Å². The number of methoxy groups -OCH3 is 2. The maximum atomic E-state index is 13.5. The largest absolute Gasteiger partial charge is 0.496 e. The Morgan fingerprint density at radius 2 is 1.67 bits per heavy atom. The lowest BCUT2D eigenvalue weighted by Crippen LogP contribution is -2.47. The first-order valence-electron chi connectivity index (χ1n) is 13.4. The Morgan fingerprint density at radius 3 is 2.33 bits per heavy atom. The molecule has 3 rings (SSSR count). The number of rotatable bonds is 12. The highest BCUT2D eigenvalue weighted by atomic mass is 16.6. The summed E-state index contributed by atoms with van der Waals surface area (Å²) in [4.78, 5) is 49.3. The van der Waals surface area contributed by atoms with E-state index in [1.807, 2.05) is 6.07 Å². The molecule has 3 aromatic rings. The number of alkyl carbamates (subject to hydrolysis) is 1.